The van der Waals surface area contributed by atoms with Gasteiger partial charge in [0.1, 0.15) is 17.4 Å². The number of ether oxygens (including phenoxy) is 1. The number of benzene rings is 10. The molecule has 0 aliphatic rings. The highest BCUT2D eigenvalue weighted by molar-refractivity contribution is 6.30. The van der Waals surface area contributed by atoms with Gasteiger partial charge in [-0.05, 0) is 299 Å². The molecule has 15 aromatic rings. The van der Waals surface area contributed by atoms with Crippen LogP contribution in [0.15, 0.2) is 261 Å². The molecule has 5 aromatic heterocycles. The van der Waals surface area contributed by atoms with Crippen LogP contribution in [0.1, 0.15) is 153 Å². The maximum atomic E-state index is 14.1. The zero-order valence-electron chi connectivity index (χ0n) is 72.0. The van der Waals surface area contributed by atoms with Crippen LogP contribution in [-0.2, 0) is 39.6 Å². The predicted octanol–water partition coefficient (Wildman–Crippen LogP) is 19.9. The first-order valence-electron chi connectivity index (χ1n) is 40.8. The van der Waals surface area contributed by atoms with Crippen LogP contribution < -0.4 is 4.74 Å². The first-order chi connectivity index (χ1) is 62.2. The number of carbonyl (C=O) groups excluding carboxylic acids is 5. The number of hydrogen-bond acceptors (Lipinski definition) is 17. The third-order valence-electron chi connectivity index (χ3n) is 20.1. The zero-order valence-corrected chi connectivity index (χ0v) is 72.7. The van der Waals surface area contributed by atoms with Gasteiger partial charge in [-0.3, -0.25) is 49.5 Å². The monoisotopic (exact) mass is 1750 g/mol. The summed E-state index contributed by atoms with van der Waals surface area (Å²) in [6.07, 6.45) is 15.7. The average molecular weight is 1750 g/mol. The number of nitrogens with zero attached hydrogens (tertiary/aromatic N) is 5. The van der Waals surface area contributed by atoms with Crippen LogP contribution in [0, 0.1) is 60.1 Å². The van der Waals surface area contributed by atoms with E-state index in [1.54, 1.807) is 141 Å². The molecular weight excluding hydrogens is 1650 g/mol. The van der Waals surface area contributed by atoms with Gasteiger partial charge in [0.15, 0.2) is 28.9 Å². The number of nitrogens with one attached hydrogen (secondary N) is 5. The van der Waals surface area contributed by atoms with Crippen LogP contribution in [0.5, 0.6) is 5.75 Å². The topological polar surface area (TPSA) is 359 Å². The van der Waals surface area contributed by atoms with Crippen molar-refractivity contribution in [1.29, 1.82) is 0 Å². The summed E-state index contributed by atoms with van der Waals surface area (Å²) in [5.74, 6) is -0.914. The van der Waals surface area contributed by atoms with Crippen molar-refractivity contribution in [2.24, 2.45) is 0 Å². The van der Waals surface area contributed by atoms with Crippen molar-refractivity contribution in [2.45, 2.75) is 88.1 Å². The molecule has 0 spiro atoms. The van der Waals surface area contributed by atoms with Crippen LogP contribution >= 0.6 is 11.6 Å². The lowest BCUT2D eigenvalue weighted by molar-refractivity contribution is 0.103. The molecule has 654 valence electrons. The Morgan fingerprint density at radius 1 is 0.326 bits per heavy atom. The average Bonchev–Trinajstić information content (AvgIpc) is 1.70. The van der Waals surface area contributed by atoms with E-state index in [1.165, 1.54) is 59.7 Å². The van der Waals surface area contributed by atoms with Gasteiger partial charge in [0.25, 0.3) is 0 Å². The van der Waals surface area contributed by atoms with Crippen LogP contribution in [0.2, 0.25) is 5.02 Å². The van der Waals surface area contributed by atoms with Crippen LogP contribution in [0.4, 0.5) is 8.78 Å². The fraction of sp³-hybridized carbons (Fsp3) is 0.135. The molecule has 0 bridgehead atoms. The number of ketones is 5. The number of allylic oxidation sites excluding steroid dienone is 5. The highest BCUT2D eigenvalue weighted by Crippen LogP contribution is 2.30. The summed E-state index contributed by atoms with van der Waals surface area (Å²) in [6, 6.07) is 67.7. The highest BCUT2D eigenvalue weighted by Gasteiger charge is 2.17. The van der Waals surface area contributed by atoms with Gasteiger partial charge in [-0.15, -0.1) is 0 Å². The Morgan fingerprint density at radius 3 is 1.01 bits per heavy atom. The fourth-order valence-electron chi connectivity index (χ4n) is 13.5. The summed E-state index contributed by atoms with van der Waals surface area (Å²) in [5.41, 5.74) is 24.6. The van der Waals surface area contributed by atoms with E-state index in [0.29, 0.717) is 89.2 Å². The molecule has 0 saturated carbocycles. The molecule has 0 aliphatic carbocycles. The van der Waals surface area contributed by atoms with Gasteiger partial charge in [-0.2, -0.15) is 25.5 Å². The summed E-state index contributed by atoms with van der Waals surface area (Å²) in [5, 5.41) is 91.7. The lowest BCUT2D eigenvalue weighted by atomic mass is 10.0. The number of rotatable bonds is 27. The van der Waals surface area contributed by atoms with Gasteiger partial charge in [-0.1, -0.05) is 119 Å². The molecular formula is C104H95ClF2N10O12. The Morgan fingerprint density at radius 2 is 0.659 bits per heavy atom. The first kappa shape index (κ1) is 94.7. The standard InChI is InChI=1S/C22H22N2O2.C21H19FN2O3.C21H20N2O3.C20H17ClN2O2.C20H17FN2O2/c1-14-8-17(13-25)11-19(9-14)22(26)7-6-20-12-21(24-23-20)18-5-4-15(2)16(3)10-18;1-13-6-15(12-26)8-16(7-13)21(27)5-3-17-10-20(24-23-17)18-4-2-14(11-25)9-19(18)22;1-14-10-16(11-17(13-24)21(14)26-2)20(25)9-8-18-12-19(23-22-18)15-6-4-3-5-7-15;2*1-13-8-14(12-24)10-16(9-13)20(25)7-6-18-11-19(23-22-18)15-2-4-17(21)5-3-15/h4-12,25H,13H2,1-3H3,(H,23,24);2-10,25-26H,11-12H2,1H3,(H,23,24);3-12,24H,13H2,1-2H3,(H,22,23);2*2-11,24H,12H2,1H3,(H,22,23)/b7-6+;5-3+;9-8+;2*7-6+. The Balaban J connectivity index is 0.000000156. The van der Waals surface area contributed by atoms with E-state index >= 15 is 0 Å². The molecule has 0 saturated heterocycles. The number of halogens is 3. The molecule has 11 N–H and O–H groups in total. The molecule has 0 amide bonds. The molecule has 0 aliphatic heterocycles. The smallest absolute Gasteiger partial charge is 0.185 e. The Labute approximate surface area is 749 Å². The highest BCUT2D eigenvalue weighted by atomic mass is 35.5. The van der Waals surface area contributed by atoms with E-state index in [0.717, 1.165) is 95.4 Å². The lowest BCUT2D eigenvalue weighted by Gasteiger charge is -2.11. The van der Waals surface area contributed by atoms with E-state index in [4.69, 9.17) is 21.4 Å². The van der Waals surface area contributed by atoms with Crippen molar-refractivity contribution in [3.05, 3.63) is 406 Å². The maximum absolute atomic E-state index is 14.1. The van der Waals surface area contributed by atoms with Crippen LogP contribution in [0.25, 0.3) is 86.7 Å². The minimum atomic E-state index is -0.476. The first-order valence-corrected chi connectivity index (χ1v) is 41.1. The number of aromatic nitrogens is 10. The number of hydrogen-bond donors (Lipinski definition) is 11. The summed E-state index contributed by atoms with van der Waals surface area (Å²) >= 11 is 5.89. The van der Waals surface area contributed by atoms with E-state index in [2.05, 4.69) is 77.0 Å². The number of aliphatic hydroxyl groups is 6. The fourth-order valence-corrected chi connectivity index (χ4v) is 13.7. The van der Waals surface area contributed by atoms with Gasteiger partial charge in [0.2, 0.25) is 0 Å². The summed E-state index contributed by atoms with van der Waals surface area (Å²) in [6.45, 7) is 12.7. The molecule has 5 heterocycles. The van der Waals surface area contributed by atoms with Gasteiger partial charge in [0, 0.05) is 66.2 Å². The minimum Gasteiger partial charge on any atom is -0.496 e. The second-order valence-electron chi connectivity index (χ2n) is 30.3. The Hall–Kier alpha value is -15.0. The van der Waals surface area contributed by atoms with Crippen molar-refractivity contribution in [1.82, 2.24) is 51.0 Å². The Kier molecular flexibility index (Phi) is 33.6. The van der Waals surface area contributed by atoms with Gasteiger partial charge in [-0.25, -0.2) is 8.78 Å². The van der Waals surface area contributed by atoms with Crippen molar-refractivity contribution in [3.63, 3.8) is 0 Å². The summed E-state index contributed by atoms with van der Waals surface area (Å²) < 4.78 is 32.4. The lowest BCUT2D eigenvalue weighted by Crippen LogP contribution is -2.01. The second kappa shape index (κ2) is 45.8. The predicted molar refractivity (Wildman–Crippen MR) is 499 cm³/mol. The minimum absolute atomic E-state index is 0.0778. The number of H-pyrrole nitrogens is 5. The number of aromatic amines is 5. The Bertz CT molecular complexity index is 6480. The normalized spacial score (nSPS) is 11.2. The largest absolute Gasteiger partial charge is 0.496 e. The molecule has 10 aromatic carbocycles. The molecule has 22 nitrogen and oxygen atoms in total. The number of methoxy groups -OCH3 is 1. The van der Waals surface area contributed by atoms with Crippen molar-refractivity contribution in [2.75, 3.05) is 7.11 Å². The molecule has 15 rings (SSSR count). The molecule has 0 radical (unpaired) electrons. The number of aryl methyl sites for hydroxylation is 7. The molecule has 0 fully saturated rings. The molecule has 129 heavy (non-hydrogen) atoms. The number of aliphatic hydroxyl groups excluding tert-OH is 6. The SMILES string of the molecule is COc1c(C)cc(C(=O)/C=C/c2cc(-c3ccccc3)n[nH]2)cc1CO.Cc1cc(CO)cc(C(=O)/C=C/c2cc(-c3ccc(C)c(C)c3)n[nH]2)c1.Cc1cc(CO)cc(C(=O)/C=C/c2cc(-c3ccc(CO)cc3F)n[nH]2)c1.Cc1cc(CO)cc(C(=O)/C=C/c2cc(-c3ccc(Cl)cc3)n[nH]2)c1.Cc1cc(CO)cc(C(=O)/C=C/c2cc(-c3ccc(F)cc3)n[nH]2)c1. The van der Waals surface area contributed by atoms with E-state index in [9.17, 15) is 58.3 Å². The second-order valence-corrected chi connectivity index (χ2v) is 30.7. The molecule has 0 atom stereocenters. The molecule has 0 unspecified atom stereocenters. The van der Waals surface area contributed by atoms with Crippen LogP contribution in [0.3, 0.4) is 0 Å². The van der Waals surface area contributed by atoms with Crippen molar-refractivity contribution < 1.29 is 68.1 Å². The van der Waals surface area contributed by atoms with Crippen molar-refractivity contribution in [3.8, 4) is 62.0 Å². The van der Waals surface area contributed by atoms with E-state index in [1.807, 2.05) is 132 Å². The summed E-state index contributed by atoms with van der Waals surface area (Å²) in [4.78, 5) is 61.9. The van der Waals surface area contributed by atoms with Crippen molar-refractivity contribution >= 4 is 70.9 Å². The third kappa shape index (κ3) is 27.0. The zero-order chi connectivity index (χ0) is 92.2. The quantitative estimate of drug-likeness (QED) is 0.0168. The van der Waals surface area contributed by atoms with Gasteiger partial charge >= 0.3 is 0 Å². The van der Waals surface area contributed by atoms with Gasteiger partial charge < -0.3 is 35.4 Å². The summed E-state index contributed by atoms with van der Waals surface area (Å²) in [7, 11) is 1.55. The number of carbonyl (C=O) groups is 5. The van der Waals surface area contributed by atoms with E-state index in [-0.39, 0.29) is 74.4 Å². The van der Waals surface area contributed by atoms with Gasteiger partial charge in [0.05, 0.1) is 104 Å². The third-order valence-corrected chi connectivity index (χ3v) is 20.4. The van der Waals surface area contributed by atoms with E-state index < -0.39 is 5.82 Å². The van der Waals surface area contributed by atoms with Crippen LogP contribution in [-0.4, -0.2) is 118 Å². The maximum Gasteiger partial charge on any atom is 0.185 e. The molecule has 25 heteroatoms.